The lowest BCUT2D eigenvalue weighted by molar-refractivity contribution is -0.106. The first kappa shape index (κ1) is 11.1. The van der Waals surface area contributed by atoms with Gasteiger partial charge in [0.05, 0.1) is 11.3 Å². The topological polar surface area (TPSA) is 35.0 Å². The number of halogens is 2. The second kappa shape index (κ2) is 3.06. The van der Waals surface area contributed by atoms with Crippen LogP contribution in [0.1, 0.15) is 39.0 Å². The van der Waals surface area contributed by atoms with Gasteiger partial charge in [-0.05, 0) is 39.3 Å². The second-order valence-corrected chi connectivity index (χ2v) is 5.33. The number of fused-ring (bicyclic) bond motifs is 1. The molecule has 0 aromatic carbocycles. The third kappa shape index (κ3) is 1.63. The lowest BCUT2D eigenvalue weighted by Gasteiger charge is -2.24. The molecule has 0 saturated carbocycles. The molecule has 0 atom stereocenters. The molecule has 2 heterocycles. The highest BCUT2D eigenvalue weighted by Gasteiger charge is 2.46. The molecule has 0 bridgehead atoms. The molecule has 15 heavy (non-hydrogen) atoms. The van der Waals surface area contributed by atoms with Crippen molar-refractivity contribution in [2.75, 3.05) is 0 Å². The van der Waals surface area contributed by atoms with Gasteiger partial charge in [-0.15, -0.1) is 0 Å². The summed E-state index contributed by atoms with van der Waals surface area (Å²) in [6.07, 6.45) is 0. The van der Waals surface area contributed by atoms with Crippen LogP contribution >= 0.6 is 23.2 Å². The molecule has 1 aliphatic rings. The summed E-state index contributed by atoms with van der Waals surface area (Å²) in [4.78, 5) is 8.15. The van der Waals surface area contributed by atoms with Gasteiger partial charge in [0.15, 0.2) is 0 Å². The average molecular weight is 247 g/mol. The molecule has 1 aromatic heterocycles. The lowest BCUT2D eigenvalue weighted by Crippen LogP contribution is -2.22. The lowest BCUT2D eigenvalue weighted by atomic mass is 9.97. The molecule has 1 aliphatic heterocycles. The Morgan fingerprint density at radius 1 is 1.00 bits per heavy atom. The van der Waals surface area contributed by atoms with E-state index in [0.29, 0.717) is 5.15 Å². The van der Waals surface area contributed by atoms with Crippen LogP contribution in [0.15, 0.2) is 0 Å². The van der Waals surface area contributed by atoms with Crippen molar-refractivity contribution in [2.45, 2.75) is 38.9 Å². The summed E-state index contributed by atoms with van der Waals surface area (Å²) in [5.41, 5.74) is 0.659. The Bertz CT molecular complexity index is 430. The Balaban J connectivity index is 2.75. The fourth-order valence-corrected chi connectivity index (χ4v) is 2.72. The van der Waals surface area contributed by atoms with Crippen LogP contribution in [0.25, 0.3) is 0 Å². The number of hydrogen-bond donors (Lipinski definition) is 0. The third-order valence-electron chi connectivity index (χ3n) is 2.52. The van der Waals surface area contributed by atoms with Gasteiger partial charge in [0.25, 0.3) is 0 Å². The highest BCUT2D eigenvalue weighted by atomic mass is 35.5. The Kier molecular flexibility index (Phi) is 2.27. The van der Waals surface area contributed by atoms with Gasteiger partial charge >= 0.3 is 0 Å². The third-order valence-corrected chi connectivity index (χ3v) is 2.96. The summed E-state index contributed by atoms with van der Waals surface area (Å²) in [7, 11) is 0. The van der Waals surface area contributed by atoms with Crippen LogP contribution in [0.3, 0.4) is 0 Å². The van der Waals surface area contributed by atoms with Crippen LogP contribution in [0.5, 0.6) is 0 Å². The van der Waals surface area contributed by atoms with Crippen molar-refractivity contribution in [1.82, 2.24) is 9.97 Å². The van der Waals surface area contributed by atoms with Gasteiger partial charge in [0, 0.05) is 5.56 Å². The van der Waals surface area contributed by atoms with Gasteiger partial charge in [-0.25, -0.2) is 9.97 Å². The molecule has 0 unspecified atom stereocenters. The second-order valence-electron chi connectivity index (χ2n) is 4.63. The number of ether oxygens (including phenoxy) is 1. The van der Waals surface area contributed by atoms with Gasteiger partial charge in [-0.1, -0.05) is 11.6 Å². The maximum atomic E-state index is 6.07. The molecule has 5 heteroatoms. The molecule has 0 aliphatic carbocycles. The van der Waals surface area contributed by atoms with Crippen molar-refractivity contribution in [3.05, 3.63) is 21.7 Å². The van der Waals surface area contributed by atoms with Crippen molar-refractivity contribution in [3.8, 4) is 0 Å². The SMILES string of the molecule is CC1(C)OC(C)(C)c2c(Cl)nc(Cl)nc21. The standard InChI is InChI=1S/C10H12Cl2N2O/c1-9(2)5-6(10(3,4)15-9)13-8(12)14-7(5)11/h1-4H3. The Hall–Kier alpha value is -0.380. The number of rotatable bonds is 0. The van der Waals surface area contributed by atoms with Crippen molar-refractivity contribution in [1.29, 1.82) is 0 Å². The highest BCUT2D eigenvalue weighted by Crippen LogP contribution is 2.48. The van der Waals surface area contributed by atoms with Crippen molar-refractivity contribution in [3.63, 3.8) is 0 Å². The van der Waals surface area contributed by atoms with Crippen LogP contribution in [-0.2, 0) is 15.9 Å². The van der Waals surface area contributed by atoms with Crippen LogP contribution in [0.4, 0.5) is 0 Å². The number of hydrogen-bond acceptors (Lipinski definition) is 3. The van der Waals surface area contributed by atoms with Crippen molar-refractivity contribution < 1.29 is 4.74 Å². The fourth-order valence-electron chi connectivity index (χ4n) is 2.11. The Morgan fingerprint density at radius 2 is 1.60 bits per heavy atom. The summed E-state index contributed by atoms with van der Waals surface area (Å²) in [6, 6.07) is 0. The minimum atomic E-state index is -0.477. The minimum absolute atomic E-state index is 0.160. The molecule has 1 aromatic rings. The van der Waals surface area contributed by atoms with Crippen LogP contribution < -0.4 is 0 Å². The van der Waals surface area contributed by atoms with E-state index in [1.807, 2.05) is 27.7 Å². The van der Waals surface area contributed by atoms with Crippen LogP contribution in [0, 0.1) is 0 Å². The van der Waals surface area contributed by atoms with Crippen LogP contribution in [0.2, 0.25) is 10.4 Å². The first-order valence-corrected chi connectivity index (χ1v) is 5.44. The molecule has 0 amide bonds. The van der Waals surface area contributed by atoms with E-state index < -0.39 is 11.2 Å². The minimum Gasteiger partial charge on any atom is -0.358 e. The number of nitrogens with zero attached hydrogens (tertiary/aromatic N) is 2. The largest absolute Gasteiger partial charge is 0.358 e. The van der Waals surface area contributed by atoms with E-state index in [0.717, 1.165) is 11.3 Å². The zero-order chi connectivity index (χ0) is 11.4. The van der Waals surface area contributed by atoms with E-state index in [9.17, 15) is 0 Å². The van der Waals surface area contributed by atoms with E-state index in [1.165, 1.54) is 0 Å². The van der Waals surface area contributed by atoms with Gasteiger partial charge in [0.2, 0.25) is 5.28 Å². The van der Waals surface area contributed by atoms with Crippen molar-refractivity contribution >= 4 is 23.2 Å². The van der Waals surface area contributed by atoms with E-state index in [-0.39, 0.29) is 5.28 Å². The normalized spacial score (nSPS) is 21.5. The Labute approximate surface area is 98.8 Å². The first-order chi connectivity index (χ1) is 6.74. The zero-order valence-corrected chi connectivity index (χ0v) is 10.6. The predicted octanol–water partition coefficient (Wildman–Crippen LogP) is 3.28. The molecule has 0 spiro atoms. The molecule has 2 rings (SSSR count). The predicted molar refractivity (Wildman–Crippen MR) is 59.2 cm³/mol. The molecular formula is C10H12Cl2N2O. The van der Waals surface area contributed by atoms with E-state index in [2.05, 4.69) is 9.97 Å². The monoisotopic (exact) mass is 246 g/mol. The molecular weight excluding hydrogens is 235 g/mol. The summed E-state index contributed by atoms with van der Waals surface area (Å²) in [5.74, 6) is 0. The molecule has 0 radical (unpaired) electrons. The maximum Gasteiger partial charge on any atom is 0.224 e. The molecule has 3 nitrogen and oxygen atoms in total. The highest BCUT2D eigenvalue weighted by molar-refractivity contribution is 6.32. The number of aromatic nitrogens is 2. The van der Waals surface area contributed by atoms with Gasteiger partial charge in [0.1, 0.15) is 10.8 Å². The summed E-state index contributed by atoms with van der Waals surface area (Å²) < 4.78 is 5.90. The van der Waals surface area contributed by atoms with Gasteiger partial charge in [-0.2, -0.15) is 0 Å². The van der Waals surface area contributed by atoms with Crippen LogP contribution in [-0.4, -0.2) is 9.97 Å². The summed E-state index contributed by atoms with van der Waals surface area (Å²) in [5, 5.41) is 0.536. The summed E-state index contributed by atoms with van der Waals surface area (Å²) >= 11 is 11.9. The molecule has 0 N–H and O–H groups in total. The van der Waals surface area contributed by atoms with Gasteiger partial charge < -0.3 is 4.74 Å². The quantitative estimate of drug-likeness (QED) is 0.521. The first-order valence-electron chi connectivity index (χ1n) is 4.68. The Morgan fingerprint density at radius 3 is 2.20 bits per heavy atom. The smallest absolute Gasteiger partial charge is 0.224 e. The van der Waals surface area contributed by atoms with E-state index >= 15 is 0 Å². The van der Waals surface area contributed by atoms with E-state index in [4.69, 9.17) is 27.9 Å². The molecule has 82 valence electrons. The molecule has 0 fully saturated rings. The summed E-state index contributed by atoms with van der Waals surface area (Å²) in [6.45, 7) is 7.79. The zero-order valence-electron chi connectivity index (χ0n) is 9.06. The fraction of sp³-hybridized carbons (Fsp3) is 0.600. The average Bonchev–Trinajstić information content (AvgIpc) is 2.15. The van der Waals surface area contributed by atoms with Gasteiger partial charge in [-0.3, -0.25) is 0 Å². The van der Waals surface area contributed by atoms with Crippen molar-refractivity contribution in [2.24, 2.45) is 0 Å². The maximum absolute atomic E-state index is 6.07. The van der Waals surface area contributed by atoms with E-state index in [1.54, 1.807) is 0 Å². The molecule has 0 saturated heterocycles.